The molecule has 0 radical (unpaired) electrons. The number of fused-ring (bicyclic) bond motifs is 3. The molecule has 0 bridgehead atoms. The molecule has 1 unspecified atom stereocenters. The molecule has 0 saturated carbocycles. The van der Waals surface area contributed by atoms with E-state index in [1.807, 2.05) is 65.5 Å². The molecule has 1 atom stereocenters. The number of benzene rings is 3. The molecule has 4 aromatic rings. The molecule has 0 aliphatic carbocycles. The van der Waals surface area contributed by atoms with E-state index in [2.05, 4.69) is 35.4 Å². The fourth-order valence-corrected chi connectivity index (χ4v) is 3.42. The highest BCUT2D eigenvalue weighted by molar-refractivity contribution is 5.75. The van der Waals surface area contributed by atoms with Crippen molar-refractivity contribution in [3.8, 4) is 22.7 Å². The third-order valence-corrected chi connectivity index (χ3v) is 4.57. The summed E-state index contributed by atoms with van der Waals surface area (Å²) in [5.41, 5.74) is 5.44. The molecule has 1 aliphatic rings. The molecule has 0 N–H and O–H groups in total. The Labute approximate surface area is 146 Å². The van der Waals surface area contributed by atoms with Gasteiger partial charge in [0.05, 0.1) is 17.6 Å². The number of hydrogen-bond acceptors (Lipinski definition) is 2. The zero-order valence-corrected chi connectivity index (χ0v) is 13.5. The van der Waals surface area contributed by atoms with Crippen molar-refractivity contribution in [3.05, 3.63) is 102 Å². The molecule has 3 nitrogen and oxygen atoms in total. The Kier molecular flexibility index (Phi) is 3.17. The van der Waals surface area contributed by atoms with Gasteiger partial charge >= 0.3 is 0 Å². The zero-order valence-electron chi connectivity index (χ0n) is 13.5. The number of nitrogens with zero attached hydrogens (tertiary/aromatic N) is 2. The van der Waals surface area contributed by atoms with E-state index in [0.29, 0.717) is 0 Å². The molecule has 2 heterocycles. The van der Waals surface area contributed by atoms with Crippen molar-refractivity contribution in [2.75, 3.05) is 0 Å². The van der Waals surface area contributed by atoms with Crippen LogP contribution in [0.2, 0.25) is 0 Å². The summed E-state index contributed by atoms with van der Waals surface area (Å²) in [7, 11) is 0. The Balaban J connectivity index is 1.76. The molecule has 0 spiro atoms. The Hall–Kier alpha value is -3.33. The van der Waals surface area contributed by atoms with Gasteiger partial charge in [-0.05, 0) is 29.8 Å². The molecular formula is C22H16N2O. The van der Waals surface area contributed by atoms with Crippen molar-refractivity contribution in [3.63, 3.8) is 0 Å². The predicted octanol–water partition coefficient (Wildman–Crippen LogP) is 5.02. The molecular weight excluding hydrogens is 308 g/mol. The Bertz CT molecular complexity index is 1020. The lowest BCUT2D eigenvalue weighted by Gasteiger charge is -2.27. The lowest BCUT2D eigenvalue weighted by atomic mass is 9.95. The zero-order chi connectivity index (χ0) is 16.6. The average molecular weight is 324 g/mol. The van der Waals surface area contributed by atoms with Gasteiger partial charge in [-0.15, -0.1) is 0 Å². The first kappa shape index (κ1) is 14.1. The Morgan fingerprint density at radius 3 is 2.24 bits per heavy atom. The molecule has 25 heavy (non-hydrogen) atoms. The van der Waals surface area contributed by atoms with Gasteiger partial charge < -0.3 is 4.74 Å². The number of aromatic nitrogens is 2. The monoisotopic (exact) mass is 324 g/mol. The summed E-state index contributed by atoms with van der Waals surface area (Å²) >= 11 is 0. The highest BCUT2D eigenvalue weighted by atomic mass is 16.5. The first-order valence-electron chi connectivity index (χ1n) is 8.36. The molecule has 3 heteroatoms. The van der Waals surface area contributed by atoms with E-state index in [4.69, 9.17) is 4.74 Å². The van der Waals surface area contributed by atoms with Gasteiger partial charge in [-0.1, -0.05) is 60.7 Å². The number of ether oxygens (including phenoxy) is 1. The van der Waals surface area contributed by atoms with Crippen LogP contribution in [0.25, 0.3) is 16.9 Å². The Morgan fingerprint density at radius 2 is 1.44 bits per heavy atom. The second-order valence-corrected chi connectivity index (χ2v) is 6.10. The molecule has 0 saturated heterocycles. The van der Waals surface area contributed by atoms with Crippen LogP contribution >= 0.6 is 0 Å². The molecule has 1 aliphatic heterocycles. The third-order valence-electron chi connectivity index (χ3n) is 4.57. The fourth-order valence-electron chi connectivity index (χ4n) is 3.42. The van der Waals surface area contributed by atoms with Crippen LogP contribution in [-0.2, 0) is 0 Å². The van der Waals surface area contributed by atoms with E-state index < -0.39 is 0 Å². The van der Waals surface area contributed by atoms with Crippen molar-refractivity contribution in [1.29, 1.82) is 0 Å². The third kappa shape index (κ3) is 2.24. The molecule has 0 fully saturated rings. The fraction of sp³-hybridized carbons (Fsp3) is 0.0455. The van der Waals surface area contributed by atoms with Gasteiger partial charge in [0, 0.05) is 11.1 Å². The molecule has 3 aromatic carbocycles. The van der Waals surface area contributed by atoms with Crippen molar-refractivity contribution >= 4 is 0 Å². The van der Waals surface area contributed by atoms with Crippen LogP contribution in [0.15, 0.2) is 91.1 Å². The van der Waals surface area contributed by atoms with E-state index in [1.54, 1.807) is 0 Å². The van der Waals surface area contributed by atoms with Gasteiger partial charge in [0.2, 0.25) is 0 Å². The minimum absolute atomic E-state index is 0.149. The summed E-state index contributed by atoms with van der Waals surface area (Å²) in [4.78, 5) is 0. The number of rotatable bonds is 2. The van der Waals surface area contributed by atoms with Crippen LogP contribution in [-0.4, -0.2) is 9.78 Å². The van der Waals surface area contributed by atoms with Crippen molar-refractivity contribution in [1.82, 2.24) is 9.78 Å². The standard InChI is InChI=1S/C22H16N2O/c1-3-9-16(10-4-1)22-19-15-23-24(17-11-5-2-6-12-17)21(19)18-13-7-8-14-20(18)25-22/h1-15,22H. The lowest BCUT2D eigenvalue weighted by Crippen LogP contribution is -2.15. The van der Waals surface area contributed by atoms with E-state index in [9.17, 15) is 0 Å². The highest BCUT2D eigenvalue weighted by Crippen LogP contribution is 2.45. The summed E-state index contributed by atoms with van der Waals surface area (Å²) in [5.74, 6) is 0.890. The summed E-state index contributed by atoms with van der Waals surface area (Å²) < 4.78 is 8.35. The van der Waals surface area contributed by atoms with Gasteiger partial charge in [0.25, 0.3) is 0 Å². The second kappa shape index (κ2) is 5.64. The van der Waals surface area contributed by atoms with Gasteiger partial charge in [-0.2, -0.15) is 5.10 Å². The predicted molar refractivity (Wildman–Crippen MR) is 97.9 cm³/mol. The lowest BCUT2D eigenvalue weighted by molar-refractivity contribution is 0.243. The summed E-state index contributed by atoms with van der Waals surface area (Å²) in [6.07, 6.45) is 1.78. The highest BCUT2D eigenvalue weighted by Gasteiger charge is 2.31. The van der Waals surface area contributed by atoms with Crippen LogP contribution in [0.4, 0.5) is 0 Å². The van der Waals surface area contributed by atoms with Crippen LogP contribution < -0.4 is 4.74 Å². The Morgan fingerprint density at radius 1 is 0.760 bits per heavy atom. The van der Waals surface area contributed by atoms with E-state index in [1.165, 1.54) is 0 Å². The molecule has 1 aromatic heterocycles. The number of para-hydroxylation sites is 2. The maximum absolute atomic E-state index is 6.34. The summed E-state index contributed by atoms with van der Waals surface area (Å²) in [6, 6.07) is 28.7. The summed E-state index contributed by atoms with van der Waals surface area (Å²) in [5, 5.41) is 4.68. The number of hydrogen-bond donors (Lipinski definition) is 0. The smallest absolute Gasteiger partial charge is 0.153 e. The van der Waals surface area contributed by atoms with Crippen molar-refractivity contribution < 1.29 is 4.74 Å². The van der Waals surface area contributed by atoms with Gasteiger partial charge in [-0.3, -0.25) is 0 Å². The van der Waals surface area contributed by atoms with Crippen molar-refractivity contribution in [2.45, 2.75) is 6.10 Å². The minimum Gasteiger partial charge on any atom is -0.480 e. The SMILES string of the molecule is c1ccc(C2Oc3ccccc3-c3c2cnn3-c2ccccc2)cc1. The van der Waals surface area contributed by atoms with Crippen LogP contribution in [0, 0.1) is 0 Å². The van der Waals surface area contributed by atoms with Crippen LogP contribution in [0.5, 0.6) is 5.75 Å². The quantitative estimate of drug-likeness (QED) is 0.517. The van der Waals surface area contributed by atoms with Gasteiger partial charge in [0.1, 0.15) is 5.75 Å². The maximum atomic E-state index is 6.34. The van der Waals surface area contributed by atoms with E-state index >= 15 is 0 Å². The second-order valence-electron chi connectivity index (χ2n) is 6.10. The molecule has 0 amide bonds. The van der Waals surface area contributed by atoms with Crippen molar-refractivity contribution in [2.24, 2.45) is 0 Å². The normalized spacial score (nSPS) is 15.1. The minimum atomic E-state index is -0.149. The molecule has 120 valence electrons. The molecule has 5 rings (SSSR count). The summed E-state index contributed by atoms with van der Waals surface area (Å²) in [6.45, 7) is 0. The van der Waals surface area contributed by atoms with Gasteiger partial charge in [-0.25, -0.2) is 4.68 Å². The van der Waals surface area contributed by atoms with Gasteiger partial charge in [0.15, 0.2) is 6.10 Å². The first-order chi connectivity index (χ1) is 12.4. The first-order valence-corrected chi connectivity index (χ1v) is 8.36. The van der Waals surface area contributed by atoms with E-state index in [-0.39, 0.29) is 6.10 Å². The average Bonchev–Trinajstić information content (AvgIpc) is 3.14. The van der Waals surface area contributed by atoms with Crippen LogP contribution in [0.3, 0.4) is 0 Å². The topological polar surface area (TPSA) is 27.1 Å². The largest absolute Gasteiger partial charge is 0.480 e. The maximum Gasteiger partial charge on any atom is 0.153 e. The van der Waals surface area contributed by atoms with Crippen LogP contribution in [0.1, 0.15) is 17.2 Å². The van der Waals surface area contributed by atoms with E-state index in [0.717, 1.165) is 33.8 Å².